The lowest BCUT2D eigenvalue weighted by Crippen LogP contribution is -2.38. The van der Waals surface area contributed by atoms with Crippen LogP contribution in [0.25, 0.3) is 0 Å². The first-order valence-corrected chi connectivity index (χ1v) is 10.3. The van der Waals surface area contributed by atoms with Gasteiger partial charge in [0, 0.05) is 35.3 Å². The summed E-state index contributed by atoms with van der Waals surface area (Å²) in [7, 11) is 1.62. The van der Waals surface area contributed by atoms with E-state index in [2.05, 4.69) is 11.0 Å². The van der Waals surface area contributed by atoms with Crippen molar-refractivity contribution in [2.75, 3.05) is 13.7 Å². The Labute approximate surface area is 153 Å². The highest BCUT2D eigenvalue weighted by molar-refractivity contribution is 7.12. The van der Waals surface area contributed by atoms with Crippen molar-refractivity contribution in [2.45, 2.75) is 51.1 Å². The number of thiophene rings is 1. The third kappa shape index (κ3) is 2.67. The summed E-state index contributed by atoms with van der Waals surface area (Å²) in [6.07, 6.45) is 7.68. The molecule has 0 amide bonds. The number of benzene rings is 1. The van der Waals surface area contributed by atoms with Crippen molar-refractivity contribution in [3.63, 3.8) is 0 Å². The van der Waals surface area contributed by atoms with E-state index in [4.69, 9.17) is 4.74 Å². The van der Waals surface area contributed by atoms with Crippen molar-refractivity contribution in [2.24, 2.45) is 5.92 Å². The molecule has 1 unspecified atom stereocenters. The molecule has 1 aromatic heterocycles. The Kier molecular flexibility index (Phi) is 3.79. The van der Waals surface area contributed by atoms with Gasteiger partial charge < -0.3 is 9.84 Å². The minimum Gasteiger partial charge on any atom is -0.504 e. The Morgan fingerprint density at radius 3 is 2.88 bits per heavy atom. The number of hydrogen-bond donors (Lipinski definition) is 1. The second-order valence-electron chi connectivity index (χ2n) is 7.83. The molecule has 3 heterocycles. The molecule has 0 bridgehead atoms. The van der Waals surface area contributed by atoms with E-state index in [0.29, 0.717) is 11.8 Å². The molecule has 4 heteroatoms. The summed E-state index contributed by atoms with van der Waals surface area (Å²) in [5.74, 6) is 1.81. The molecule has 3 aliphatic rings. The van der Waals surface area contributed by atoms with Crippen LogP contribution in [0.5, 0.6) is 11.5 Å². The minimum atomic E-state index is 0.269. The molecular weight excluding hydrogens is 330 g/mol. The van der Waals surface area contributed by atoms with Crippen LogP contribution in [0.4, 0.5) is 0 Å². The Morgan fingerprint density at radius 1 is 1.24 bits per heavy atom. The number of nitrogens with zero attached hydrogens (tertiary/aromatic N) is 1. The van der Waals surface area contributed by atoms with Gasteiger partial charge in [0.2, 0.25) is 0 Å². The summed E-state index contributed by atoms with van der Waals surface area (Å²) >= 11 is 2.04. The number of hydrogen-bond acceptors (Lipinski definition) is 4. The summed E-state index contributed by atoms with van der Waals surface area (Å²) in [5.41, 5.74) is 4.19. The first-order chi connectivity index (χ1) is 12.2. The average Bonchev–Trinajstić information content (AvgIpc) is 2.97. The first kappa shape index (κ1) is 15.7. The number of ether oxygens (including phenoxy) is 1. The molecule has 1 N–H and O–H groups in total. The minimum absolute atomic E-state index is 0.269. The summed E-state index contributed by atoms with van der Waals surface area (Å²) in [6.45, 7) is 2.16. The summed E-state index contributed by atoms with van der Waals surface area (Å²) in [4.78, 5) is 5.75. The molecule has 3 nitrogen and oxygen atoms in total. The molecule has 0 saturated heterocycles. The van der Waals surface area contributed by atoms with E-state index >= 15 is 0 Å². The smallest absolute Gasteiger partial charge is 0.160 e. The lowest BCUT2D eigenvalue weighted by molar-refractivity contribution is 0.162. The van der Waals surface area contributed by atoms with Crippen LogP contribution in [0, 0.1) is 5.92 Å². The van der Waals surface area contributed by atoms with Gasteiger partial charge in [-0.05, 0) is 53.6 Å². The molecule has 2 aromatic rings. The summed E-state index contributed by atoms with van der Waals surface area (Å²) in [6, 6.07) is 6.87. The SMILES string of the molecule is COc1cc2c(cc1O)C1Cc3sc(CC4CCC4)cc3CN1CC2. The number of phenols is 1. The Balaban J connectivity index is 1.44. The molecular formula is C21H25NO2S. The van der Waals surface area contributed by atoms with Crippen LogP contribution in [-0.2, 0) is 25.8 Å². The van der Waals surface area contributed by atoms with Gasteiger partial charge in [0.15, 0.2) is 11.5 Å². The molecule has 0 radical (unpaired) electrons. The van der Waals surface area contributed by atoms with E-state index in [9.17, 15) is 5.11 Å². The van der Waals surface area contributed by atoms with Gasteiger partial charge in [-0.1, -0.05) is 19.3 Å². The fourth-order valence-electron chi connectivity index (χ4n) is 4.67. The second kappa shape index (κ2) is 6.03. The van der Waals surface area contributed by atoms with E-state index in [1.54, 1.807) is 22.4 Å². The molecule has 2 aliphatic heterocycles. The lowest BCUT2D eigenvalue weighted by atomic mass is 9.82. The van der Waals surface area contributed by atoms with Gasteiger partial charge in [-0.3, -0.25) is 4.90 Å². The molecule has 1 fully saturated rings. The highest BCUT2D eigenvalue weighted by Crippen LogP contribution is 2.44. The van der Waals surface area contributed by atoms with E-state index in [1.165, 1.54) is 36.8 Å². The van der Waals surface area contributed by atoms with Crippen LogP contribution in [0.1, 0.15) is 51.7 Å². The van der Waals surface area contributed by atoms with Gasteiger partial charge in [-0.2, -0.15) is 0 Å². The molecule has 0 spiro atoms. The third-order valence-electron chi connectivity index (χ3n) is 6.32. The van der Waals surface area contributed by atoms with Gasteiger partial charge >= 0.3 is 0 Å². The van der Waals surface area contributed by atoms with E-state index < -0.39 is 0 Å². The van der Waals surface area contributed by atoms with Crippen LogP contribution in [0.3, 0.4) is 0 Å². The van der Waals surface area contributed by atoms with Crippen molar-refractivity contribution < 1.29 is 9.84 Å². The predicted molar refractivity (Wildman–Crippen MR) is 101 cm³/mol. The van der Waals surface area contributed by atoms with Gasteiger partial charge in [0.1, 0.15) is 0 Å². The maximum Gasteiger partial charge on any atom is 0.160 e. The van der Waals surface area contributed by atoms with Crippen LogP contribution >= 0.6 is 11.3 Å². The van der Waals surface area contributed by atoms with Crippen molar-refractivity contribution in [3.8, 4) is 11.5 Å². The molecule has 5 rings (SSSR count). The first-order valence-electron chi connectivity index (χ1n) is 9.45. The fourth-order valence-corrected chi connectivity index (χ4v) is 6.01. The van der Waals surface area contributed by atoms with Crippen molar-refractivity contribution in [3.05, 3.63) is 44.6 Å². The summed E-state index contributed by atoms with van der Waals surface area (Å²) in [5, 5.41) is 10.2. The normalized spacial score (nSPS) is 22.7. The van der Waals surface area contributed by atoms with Crippen molar-refractivity contribution in [1.29, 1.82) is 0 Å². The van der Waals surface area contributed by atoms with Gasteiger partial charge in [-0.25, -0.2) is 0 Å². The van der Waals surface area contributed by atoms with Crippen LogP contribution in [0.15, 0.2) is 18.2 Å². The van der Waals surface area contributed by atoms with Gasteiger partial charge in [-0.15, -0.1) is 11.3 Å². The Bertz CT molecular complexity index is 808. The number of methoxy groups -OCH3 is 1. The van der Waals surface area contributed by atoms with Gasteiger partial charge in [0.05, 0.1) is 7.11 Å². The maximum absolute atomic E-state index is 10.2. The van der Waals surface area contributed by atoms with Crippen molar-refractivity contribution >= 4 is 11.3 Å². The average molecular weight is 356 g/mol. The van der Waals surface area contributed by atoms with Crippen LogP contribution in [-0.4, -0.2) is 23.7 Å². The van der Waals surface area contributed by atoms with Crippen molar-refractivity contribution in [1.82, 2.24) is 4.90 Å². The second-order valence-corrected chi connectivity index (χ2v) is 9.05. The van der Waals surface area contributed by atoms with Crippen LogP contribution in [0.2, 0.25) is 0 Å². The number of rotatable bonds is 3. The zero-order valence-corrected chi connectivity index (χ0v) is 15.6. The zero-order chi connectivity index (χ0) is 17.0. The number of fused-ring (bicyclic) bond motifs is 4. The zero-order valence-electron chi connectivity index (χ0n) is 14.8. The lowest BCUT2D eigenvalue weighted by Gasteiger charge is -2.40. The van der Waals surface area contributed by atoms with E-state index in [1.807, 2.05) is 23.5 Å². The molecule has 1 aliphatic carbocycles. The number of aromatic hydroxyl groups is 1. The van der Waals surface area contributed by atoms with Crippen LogP contribution < -0.4 is 4.74 Å². The highest BCUT2D eigenvalue weighted by Gasteiger charge is 2.34. The maximum atomic E-state index is 10.2. The van der Waals surface area contributed by atoms with E-state index in [-0.39, 0.29) is 5.75 Å². The highest BCUT2D eigenvalue weighted by atomic mass is 32.1. The Morgan fingerprint density at radius 2 is 2.12 bits per heavy atom. The standard InChI is InChI=1S/C21H25NO2S/c1-24-20-9-14-5-6-22-12-15-8-16(7-13-3-2-4-13)25-21(15)11-18(22)17(14)10-19(20)23/h8-10,13,18,23H,2-7,11-12H2,1H3. The van der Waals surface area contributed by atoms with E-state index in [0.717, 1.165) is 31.8 Å². The topological polar surface area (TPSA) is 32.7 Å². The molecule has 1 saturated carbocycles. The Hall–Kier alpha value is -1.52. The fraction of sp³-hybridized carbons (Fsp3) is 0.524. The number of phenolic OH excluding ortho intramolecular Hbond substituents is 1. The largest absolute Gasteiger partial charge is 0.504 e. The molecule has 1 atom stereocenters. The monoisotopic (exact) mass is 355 g/mol. The van der Waals surface area contributed by atoms with Gasteiger partial charge in [0.25, 0.3) is 0 Å². The molecule has 1 aromatic carbocycles. The molecule has 132 valence electrons. The summed E-state index contributed by atoms with van der Waals surface area (Å²) < 4.78 is 5.30. The third-order valence-corrected chi connectivity index (χ3v) is 7.55. The molecule has 25 heavy (non-hydrogen) atoms. The quantitative estimate of drug-likeness (QED) is 0.882. The predicted octanol–water partition coefficient (Wildman–Crippen LogP) is 4.46.